The highest BCUT2D eigenvalue weighted by Crippen LogP contribution is 2.35. The summed E-state index contributed by atoms with van der Waals surface area (Å²) in [6.45, 7) is 5.59. The van der Waals surface area contributed by atoms with E-state index in [9.17, 15) is 19.3 Å². The number of aliphatic hydroxyl groups excluding tert-OH is 1. The van der Waals surface area contributed by atoms with Crippen molar-refractivity contribution in [3.05, 3.63) is 72.9 Å². The minimum absolute atomic E-state index is 0.123. The molecular weight excluding hydrogens is 619 g/mol. The number of hydrogen-bond acceptors (Lipinski definition) is 7. The summed E-state index contributed by atoms with van der Waals surface area (Å²) in [7, 11) is -4.77. The van der Waals surface area contributed by atoms with Crippen LogP contribution in [-0.4, -0.2) is 52.3 Å². The molecule has 0 aromatic heterocycles. The van der Waals surface area contributed by atoms with E-state index < -0.39 is 38.6 Å². The van der Waals surface area contributed by atoms with Gasteiger partial charge in [-0.15, -0.1) is 0 Å². The van der Waals surface area contributed by atoms with Gasteiger partial charge in [-0.25, -0.2) is 4.57 Å². The predicted octanol–water partition coefficient (Wildman–Crippen LogP) is 8.78. The van der Waals surface area contributed by atoms with Crippen LogP contribution in [0.25, 0.3) is 0 Å². The zero-order valence-electron chi connectivity index (χ0n) is 28.9. The number of esters is 2. The lowest BCUT2D eigenvalue weighted by atomic mass is 10.0. The number of unbranched alkanes of at least 4 members (excludes halogenated alkanes) is 5. The monoisotopic (exact) mass is 680 g/mol. The van der Waals surface area contributed by atoms with Gasteiger partial charge in [0.25, 0.3) is 0 Å². The molecule has 0 aromatic rings. The molecule has 0 radical (unpaired) electrons. The van der Waals surface area contributed by atoms with Crippen molar-refractivity contribution in [3.63, 3.8) is 0 Å². The fourth-order valence-corrected chi connectivity index (χ4v) is 4.56. The molecule has 47 heavy (non-hydrogen) atoms. The first-order valence-electron chi connectivity index (χ1n) is 17.2. The van der Waals surface area contributed by atoms with E-state index in [4.69, 9.17) is 19.3 Å². The molecule has 0 rings (SSSR count). The summed E-state index contributed by atoms with van der Waals surface area (Å²) >= 11 is 0. The van der Waals surface area contributed by atoms with Gasteiger partial charge in [0, 0.05) is 12.8 Å². The van der Waals surface area contributed by atoms with E-state index in [2.05, 4.69) is 43.5 Å². The first kappa shape index (κ1) is 44.5. The average molecular weight is 681 g/mol. The van der Waals surface area contributed by atoms with E-state index in [0.29, 0.717) is 25.2 Å². The molecule has 0 amide bonds. The number of phosphoric ester groups is 1. The second kappa shape index (κ2) is 30.8. The van der Waals surface area contributed by atoms with E-state index in [0.717, 1.165) is 44.9 Å². The lowest BCUT2D eigenvalue weighted by Gasteiger charge is -2.18. The van der Waals surface area contributed by atoms with Crippen LogP contribution in [0.15, 0.2) is 72.9 Å². The van der Waals surface area contributed by atoms with Crippen molar-refractivity contribution in [2.24, 2.45) is 5.92 Å². The molecule has 0 aliphatic rings. The lowest BCUT2D eigenvalue weighted by Crippen LogP contribution is -2.29. The normalized spacial score (nSPS) is 14.2. The fraction of sp³-hybridized carbons (Fsp3) is 0.622. The molecule has 2 atom stereocenters. The third-order valence-electron chi connectivity index (χ3n) is 6.76. The Morgan fingerprint density at radius 3 is 1.98 bits per heavy atom. The Hall–Kier alpha value is -2.55. The summed E-state index contributed by atoms with van der Waals surface area (Å²) in [6, 6.07) is 0. The van der Waals surface area contributed by atoms with Gasteiger partial charge in [0.2, 0.25) is 0 Å². The maximum Gasteiger partial charge on any atom is 0.469 e. The van der Waals surface area contributed by atoms with Crippen LogP contribution in [0.5, 0.6) is 0 Å². The summed E-state index contributed by atoms with van der Waals surface area (Å²) < 4.78 is 26.1. The van der Waals surface area contributed by atoms with Crippen molar-refractivity contribution in [2.45, 2.75) is 129 Å². The van der Waals surface area contributed by atoms with E-state index in [1.807, 2.05) is 48.6 Å². The van der Waals surface area contributed by atoms with Gasteiger partial charge < -0.3 is 24.4 Å². The molecule has 3 N–H and O–H groups in total. The van der Waals surface area contributed by atoms with E-state index in [1.165, 1.54) is 19.3 Å². The summed E-state index contributed by atoms with van der Waals surface area (Å²) in [5.41, 5.74) is 0. The minimum Gasteiger partial charge on any atom is -0.462 e. The Balaban J connectivity index is 4.19. The van der Waals surface area contributed by atoms with Crippen LogP contribution in [-0.2, 0) is 28.2 Å². The summed E-state index contributed by atoms with van der Waals surface area (Å²) in [4.78, 5) is 42.4. The first-order chi connectivity index (χ1) is 22.5. The molecule has 0 fully saturated rings. The third kappa shape index (κ3) is 34.6. The van der Waals surface area contributed by atoms with Crippen molar-refractivity contribution < 1.29 is 43.0 Å². The first-order valence-corrected chi connectivity index (χ1v) is 18.7. The topological polar surface area (TPSA) is 140 Å². The van der Waals surface area contributed by atoms with Crippen LogP contribution in [0, 0.1) is 5.92 Å². The van der Waals surface area contributed by atoms with Gasteiger partial charge in [-0.3, -0.25) is 14.1 Å². The molecule has 0 aliphatic heterocycles. The van der Waals surface area contributed by atoms with Crippen LogP contribution in [0.1, 0.15) is 117 Å². The molecule has 0 saturated carbocycles. The molecule has 0 saturated heterocycles. The second-order valence-corrected chi connectivity index (χ2v) is 13.0. The number of hydrogen-bond donors (Lipinski definition) is 3. The van der Waals surface area contributed by atoms with Crippen molar-refractivity contribution in [3.8, 4) is 0 Å². The molecule has 0 bridgehead atoms. The molecule has 1 unspecified atom stereocenters. The van der Waals surface area contributed by atoms with Gasteiger partial charge >= 0.3 is 19.8 Å². The van der Waals surface area contributed by atoms with E-state index >= 15 is 0 Å². The van der Waals surface area contributed by atoms with Crippen molar-refractivity contribution in [2.75, 3.05) is 13.2 Å². The Morgan fingerprint density at radius 1 is 0.723 bits per heavy atom. The number of carbonyl (C=O) groups excluding carboxylic acids is 2. The number of phosphoric acid groups is 1. The number of ether oxygens (including phenoxy) is 2. The highest BCUT2D eigenvalue weighted by molar-refractivity contribution is 7.46. The molecule has 10 heteroatoms. The third-order valence-corrected chi connectivity index (χ3v) is 7.25. The van der Waals surface area contributed by atoms with Gasteiger partial charge in [-0.05, 0) is 50.9 Å². The quantitative estimate of drug-likeness (QED) is 0.0233. The average Bonchev–Trinajstić information content (AvgIpc) is 3.01. The maximum atomic E-state index is 12.3. The standard InChI is InChI=1S/C37H61O9P/c1-4-5-21-27-34(38)28-23-18-13-11-9-7-6-8-10-12-14-19-24-29-36(39)44-31-35(32-45-47(41,42)43)46-37(40)30-25-20-16-15-17-22-26-33(2)3/h5,7-10,13-14,18-19,21,23,28,33-35,38H,4,6,11-12,15-17,20,22,24-27,29-32H2,1-3H3,(H2,41,42,43)/b9-7-,10-8-,18-13+,19-14-,21-5-,28-23+/t34?,35-/m1/s1. The molecule has 268 valence electrons. The van der Waals surface area contributed by atoms with Gasteiger partial charge in [0.05, 0.1) is 12.7 Å². The van der Waals surface area contributed by atoms with Crippen molar-refractivity contribution >= 4 is 19.8 Å². The zero-order valence-corrected chi connectivity index (χ0v) is 29.8. The smallest absolute Gasteiger partial charge is 0.462 e. The molecule has 0 heterocycles. The lowest BCUT2D eigenvalue weighted by molar-refractivity contribution is -0.161. The second-order valence-electron chi connectivity index (χ2n) is 11.8. The summed E-state index contributed by atoms with van der Waals surface area (Å²) in [5.74, 6) is -0.302. The highest BCUT2D eigenvalue weighted by atomic mass is 31.2. The summed E-state index contributed by atoms with van der Waals surface area (Å²) in [5, 5.41) is 9.79. The maximum absolute atomic E-state index is 12.3. The zero-order chi connectivity index (χ0) is 35.0. The van der Waals surface area contributed by atoms with Crippen LogP contribution >= 0.6 is 7.82 Å². The SMILES string of the molecule is CC/C=C\CC(O)/C=C/C=C/C/C=C\C/C=C\C/C=C\CCC(=O)OC[C@H](COP(=O)(O)O)OC(=O)CCCCCCCCC(C)C. The fourth-order valence-electron chi connectivity index (χ4n) is 4.19. The number of allylic oxidation sites excluding steroid dienone is 10. The highest BCUT2D eigenvalue weighted by Gasteiger charge is 2.22. The number of rotatable bonds is 29. The number of aliphatic hydroxyl groups is 1. The van der Waals surface area contributed by atoms with E-state index in [1.54, 1.807) is 6.08 Å². The van der Waals surface area contributed by atoms with Crippen LogP contribution in [0.2, 0.25) is 0 Å². The van der Waals surface area contributed by atoms with Crippen LogP contribution < -0.4 is 0 Å². The molecular formula is C37H61O9P. The Bertz CT molecular complexity index is 1020. The largest absolute Gasteiger partial charge is 0.469 e. The predicted molar refractivity (Wildman–Crippen MR) is 189 cm³/mol. The van der Waals surface area contributed by atoms with E-state index in [-0.39, 0.29) is 19.4 Å². The van der Waals surface area contributed by atoms with Gasteiger partial charge in [-0.1, -0.05) is 132 Å². The van der Waals surface area contributed by atoms with Gasteiger partial charge in [-0.2, -0.15) is 0 Å². The van der Waals surface area contributed by atoms with Gasteiger partial charge in [0.1, 0.15) is 6.61 Å². The molecule has 0 aromatic carbocycles. The van der Waals surface area contributed by atoms with Crippen molar-refractivity contribution in [1.82, 2.24) is 0 Å². The Kier molecular flexibility index (Phi) is 29.1. The Labute approximate surface area is 283 Å². The summed E-state index contributed by atoms with van der Waals surface area (Å²) in [6.07, 6.45) is 34.3. The van der Waals surface area contributed by atoms with Gasteiger partial charge in [0.15, 0.2) is 6.10 Å². The molecule has 0 aliphatic carbocycles. The molecule has 0 spiro atoms. The van der Waals surface area contributed by atoms with Crippen LogP contribution in [0.3, 0.4) is 0 Å². The van der Waals surface area contributed by atoms with Crippen LogP contribution in [0.4, 0.5) is 0 Å². The Morgan fingerprint density at radius 2 is 1.34 bits per heavy atom. The minimum atomic E-state index is -4.77. The van der Waals surface area contributed by atoms with Crippen molar-refractivity contribution in [1.29, 1.82) is 0 Å². The number of carbonyl (C=O) groups is 2. The molecule has 9 nitrogen and oxygen atoms in total.